The number of hydrogen-bond donors (Lipinski definition) is 0. The monoisotopic (exact) mass is 376 g/mol. The van der Waals surface area contributed by atoms with Gasteiger partial charge in [-0.3, -0.25) is 4.89 Å². The van der Waals surface area contributed by atoms with Crippen molar-refractivity contribution in [3.8, 4) is 0 Å². The molecule has 3 heteroatoms. The quantitative estimate of drug-likeness (QED) is 0.182. The van der Waals surface area contributed by atoms with Gasteiger partial charge in [0.15, 0.2) is 0 Å². The normalized spacial score (nSPS) is 11.0. The van der Waals surface area contributed by atoms with Crippen molar-refractivity contribution in [3.05, 3.63) is 34.4 Å². The van der Waals surface area contributed by atoms with Crippen molar-refractivity contribution >= 4 is 5.97 Å². The van der Waals surface area contributed by atoms with Gasteiger partial charge in [0.25, 0.3) is 0 Å². The molecule has 1 aromatic carbocycles. The van der Waals surface area contributed by atoms with E-state index in [1.54, 1.807) is 0 Å². The fourth-order valence-corrected chi connectivity index (χ4v) is 3.64. The van der Waals surface area contributed by atoms with E-state index in [0.29, 0.717) is 12.2 Å². The molecule has 0 aliphatic rings. The Morgan fingerprint density at radius 3 is 1.67 bits per heavy atom. The van der Waals surface area contributed by atoms with Crippen LogP contribution >= 0.6 is 0 Å². The van der Waals surface area contributed by atoms with Crippen LogP contribution in [0.2, 0.25) is 0 Å². The SMILES string of the molecule is CCCCCCCCCCCCCCOOC(=O)c1c(C)cc(C)cc1C. The van der Waals surface area contributed by atoms with E-state index in [0.717, 1.165) is 29.5 Å². The van der Waals surface area contributed by atoms with Crippen molar-refractivity contribution in [2.24, 2.45) is 0 Å². The average molecular weight is 377 g/mol. The summed E-state index contributed by atoms with van der Waals surface area (Å²) in [4.78, 5) is 22.3. The summed E-state index contributed by atoms with van der Waals surface area (Å²) in [7, 11) is 0. The van der Waals surface area contributed by atoms with Crippen LogP contribution in [0, 0.1) is 20.8 Å². The van der Waals surface area contributed by atoms with Crippen LogP contribution in [0.1, 0.15) is 111 Å². The molecule has 0 N–H and O–H groups in total. The molecular formula is C24H40O3. The standard InChI is InChI=1S/C24H40O3/c1-5-6-7-8-9-10-11-12-13-14-15-16-17-26-27-24(25)23-21(3)18-20(2)19-22(23)4/h18-19H,5-17H2,1-4H3. The predicted octanol–water partition coefficient (Wildman–Crippen LogP) is 7.40. The lowest BCUT2D eigenvalue weighted by molar-refractivity contribution is -0.241. The highest BCUT2D eigenvalue weighted by atomic mass is 17.2. The topological polar surface area (TPSA) is 35.5 Å². The van der Waals surface area contributed by atoms with Gasteiger partial charge >= 0.3 is 5.97 Å². The number of carbonyl (C=O) groups excluding carboxylic acids is 1. The summed E-state index contributed by atoms with van der Waals surface area (Å²) >= 11 is 0. The first-order chi connectivity index (χ1) is 13.1. The van der Waals surface area contributed by atoms with Gasteiger partial charge in [-0.05, 0) is 38.3 Å². The second-order valence-corrected chi connectivity index (χ2v) is 7.86. The molecule has 0 aromatic heterocycles. The van der Waals surface area contributed by atoms with Crippen molar-refractivity contribution in [2.75, 3.05) is 6.61 Å². The third-order valence-corrected chi connectivity index (χ3v) is 5.10. The Balaban J connectivity index is 1.98. The van der Waals surface area contributed by atoms with Crippen molar-refractivity contribution in [1.29, 1.82) is 0 Å². The van der Waals surface area contributed by atoms with Crippen LogP contribution < -0.4 is 0 Å². The Labute approximate surface area is 166 Å². The van der Waals surface area contributed by atoms with E-state index in [1.807, 2.05) is 32.9 Å². The largest absolute Gasteiger partial charge is 0.373 e. The zero-order chi connectivity index (χ0) is 19.9. The van der Waals surface area contributed by atoms with Crippen LogP contribution in [-0.4, -0.2) is 12.6 Å². The second-order valence-electron chi connectivity index (χ2n) is 7.86. The molecule has 0 spiro atoms. The molecule has 0 heterocycles. The number of unbranched alkanes of at least 4 members (excludes halogenated alkanes) is 11. The lowest BCUT2D eigenvalue weighted by Crippen LogP contribution is -2.10. The van der Waals surface area contributed by atoms with E-state index in [4.69, 9.17) is 9.78 Å². The molecule has 1 aromatic rings. The molecular weight excluding hydrogens is 336 g/mol. The maximum atomic E-state index is 12.2. The van der Waals surface area contributed by atoms with Gasteiger partial charge in [-0.15, -0.1) is 0 Å². The lowest BCUT2D eigenvalue weighted by atomic mass is 10.0. The molecule has 0 amide bonds. The second kappa shape index (κ2) is 14.7. The van der Waals surface area contributed by atoms with Crippen LogP contribution in [0.15, 0.2) is 12.1 Å². The van der Waals surface area contributed by atoms with E-state index < -0.39 is 0 Å². The van der Waals surface area contributed by atoms with Crippen molar-refractivity contribution < 1.29 is 14.6 Å². The molecule has 154 valence electrons. The molecule has 0 saturated heterocycles. The van der Waals surface area contributed by atoms with Crippen LogP contribution in [-0.2, 0) is 9.78 Å². The van der Waals surface area contributed by atoms with E-state index >= 15 is 0 Å². The van der Waals surface area contributed by atoms with Gasteiger partial charge in [-0.25, -0.2) is 4.79 Å². The predicted molar refractivity (Wildman–Crippen MR) is 113 cm³/mol. The molecule has 1 rings (SSSR count). The highest BCUT2D eigenvalue weighted by molar-refractivity contribution is 5.92. The highest BCUT2D eigenvalue weighted by Crippen LogP contribution is 2.17. The third kappa shape index (κ3) is 10.5. The first-order valence-electron chi connectivity index (χ1n) is 11.0. The van der Waals surface area contributed by atoms with Gasteiger partial charge in [0.05, 0.1) is 12.2 Å². The smallest absolute Gasteiger partial charge is 0.293 e. The van der Waals surface area contributed by atoms with E-state index in [9.17, 15) is 4.79 Å². The minimum absolute atomic E-state index is 0.385. The van der Waals surface area contributed by atoms with Gasteiger partial charge < -0.3 is 0 Å². The van der Waals surface area contributed by atoms with Gasteiger partial charge in [0, 0.05) is 0 Å². The van der Waals surface area contributed by atoms with Crippen molar-refractivity contribution in [3.63, 3.8) is 0 Å². The van der Waals surface area contributed by atoms with Crippen LogP contribution in [0.5, 0.6) is 0 Å². The number of rotatable bonds is 15. The lowest BCUT2D eigenvalue weighted by Gasteiger charge is -2.10. The Morgan fingerprint density at radius 2 is 1.19 bits per heavy atom. The Hall–Kier alpha value is -1.35. The molecule has 0 bridgehead atoms. The van der Waals surface area contributed by atoms with Crippen LogP contribution in [0.25, 0.3) is 0 Å². The molecule has 0 fully saturated rings. The number of hydrogen-bond acceptors (Lipinski definition) is 3. The van der Waals surface area contributed by atoms with E-state index in [2.05, 4.69) is 6.92 Å². The van der Waals surface area contributed by atoms with E-state index in [-0.39, 0.29) is 5.97 Å². The van der Waals surface area contributed by atoms with Crippen molar-refractivity contribution in [2.45, 2.75) is 105 Å². The minimum Gasteiger partial charge on any atom is -0.293 e. The van der Waals surface area contributed by atoms with Crippen LogP contribution in [0.3, 0.4) is 0 Å². The molecule has 0 aliphatic heterocycles. The Morgan fingerprint density at radius 1 is 0.741 bits per heavy atom. The zero-order valence-corrected chi connectivity index (χ0v) is 18.1. The number of benzene rings is 1. The maximum Gasteiger partial charge on any atom is 0.373 e. The molecule has 3 nitrogen and oxygen atoms in total. The molecule has 0 radical (unpaired) electrons. The molecule has 0 unspecified atom stereocenters. The minimum atomic E-state index is -0.385. The summed E-state index contributed by atoms with van der Waals surface area (Å²) in [6.45, 7) is 8.64. The zero-order valence-electron chi connectivity index (χ0n) is 18.1. The van der Waals surface area contributed by atoms with Gasteiger partial charge in [-0.1, -0.05) is 95.2 Å². The fourth-order valence-electron chi connectivity index (χ4n) is 3.64. The maximum absolute atomic E-state index is 12.2. The number of aryl methyl sites for hydroxylation is 3. The summed E-state index contributed by atoms with van der Waals surface area (Å²) < 4.78 is 0. The first kappa shape index (κ1) is 23.7. The first-order valence-corrected chi connectivity index (χ1v) is 11.0. The Kier molecular flexibility index (Phi) is 12.9. The summed E-state index contributed by atoms with van der Waals surface area (Å²) in [6.07, 6.45) is 15.7. The van der Waals surface area contributed by atoms with Crippen LogP contribution in [0.4, 0.5) is 0 Å². The summed E-state index contributed by atoms with van der Waals surface area (Å²) in [5, 5.41) is 0. The number of carbonyl (C=O) groups is 1. The molecule has 27 heavy (non-hydrogen) atoms. The molecule has 0 saturated carbocycles. The van der Waals surface area contributed by atoms with Gasteiger partial charge in [0.1, 0.15) is 0 Å². The molecule has 0 atom stereocenters. The summed E-state index contributed by atoms with van der Waals surface area (Å²) in [6, 6.07) is 3.99. The van der Waals surface area contributed by atoms with Crippen molar-refractivity contribution in [1.82, 2.24) is 0 Å². The Bertz CT molecular complexity index is 513. The highest BCUT2D eigenvalue weighted by Gasteiger charge is 2.15. The third-order valence-electron chi connectivity index (χ3n) is 5.10. The van der Waals surface area contributed by atoms with Gasteiger partial charge in [-0.2, -0.15) is 4.89 Å². The summed E-state index contributed by atoms with van der Waals surface area (Å²) in [5.74, 6) is -0.385. The van der Waals surface area contributed by atoms with E-state index in [1.165, 1.54) is 64.2 Å². The average Bonchev–Trinajstić information content (AvgIpc) is 2.61. The fraction of sp³-hybridized carbons (Fsp3) is 0.708. The molecule has 0 aliphatic carbocycles. The van der Waals surface area contributed by atoms with Gasteiger partial charge in [0.2, 0.25) is 0 Å². The summed E-state index contributed by atoms with van der Waals surface area (Å²) in [5.41, 5.74) is 3.65.